The molecule has 1 heterocycles. The van der Waals surface area contributed by atoms with E-state index in [2.05, 4.69) is 5.32 Å². The van der Waals surface area contributed by atoms with Crippen LogP contribution in [0.2, 0.25) is 5.02 Å². The first-order chi connectivity index (χ1) is 13.9. The van der Waals surface area contributed by atoms with Gasteiger partial charge in [0.2, 0.25) is 10.0 Å². The molecule has 2 atom stereocenters. The van der Waals surface area contributed by atoms with Gasteiger partial charge in [-0.2, -0.15) is 4.31 Å². The van der Waals surface area contributed by atoms with Crippen molar-refractivity contribution in [1.29, 1.82) is 0 Å². The lowest BCUT2D eigenvalue weighted by Gasteiger charge is -2.27. The summed E-state index contributed by atoms with van der Waals surface area (Å²) in [6.45, 7) is 1.05. The van der Waals surface area contributed by atoms with Gasteiger partial charge in [0.05, 0.1) is 23.8 Å². The molecule has 1 N–H and O–H groups in total. The van der Waals surface area contributed by atoms with E-state index in [1.165, 1.54) is 16.4 Å². The molecular weight excluding hydrogens is 418 g/mol. The van der Waals surface area contributed by atoms with Crippen molar-refractivity contribution in [2.24, 2.45) is 0 Å². The molecular formula is C19H20ClN3O5S. The monoisotopic (exact) mass is 437 g/mol. The van der Waals surface area contributed by atoms with Crippen LogP contribution in [-0.2, 0) is 14.8 Å². The van der Waals surface area contributed by atoms with Gasteiger partial charge in [-0.05, 0) is 30.2 Å². The second kappa shape index (κ2) is 7.91. The zero-order valence-electron chi connectivity index (χ0n) is 15.5. The molecule has 8 nitrogen and oxygen atoms in total. The Morgan fingerprint density at radius 1 is 1.17 bits per heavy atom. The first kappa shape index (κ1) is 20.1. The lowest BCUT2D eigenvalue weighted by atomic mass is 10.1. The number of anilines is 1. The van der Waals surface area contributed by atoms with Crippen LogP contribution in [0.4, 0.5) is 11.4 Å². The molecule has 2 aromatic carbocycles. The third kappa shape index (κ3) is 4.23. The van der Waals surface area contributed by atoms with Crippen LogP contribution in [0.5, 0.6) is 0 Å². The number of non-ortho nitro benzene ring substituents is 1. The number of hydrogen-bond donors (Lipinski definition) is 1. The lowest BCUT2D eigenvalue weighted by Crippen LogP contribution is -2.40. The van der Waals surface area contributed by atoms with Gasteiger partial charge < -0.3 is 10.1 Å². The molecule has 1 saturated heterocycles. The van der Waals surface area contributed by atoms with Gasteiger partial charge in [-0.25, -0.2) is 8.42 Å². The van der Waals surface area contributed by atoms with Crippen molar-refractivity contribution < 1.29 is 18.1 Å². The predicted molar refractivity (Wildman–Crippen MR) is 109 cm³/mol. The smallest absolute Gasteiger partial charge is 0.270 e. The maximum absolute atomic E-state index is 13.2. The van der Waals surface area contributed by atoms with Crippen LogP contribution in [0.3, 0.4) is 0 Å². The van der Waals surface area contributed by atoms with Crippen molar-refractivity contribution in [3.05, 3.63) is 63.2 Å². The predicted octanol–water partition coefficient (Wildman–Crippen LogP) is 3.24. The molecule has 10 heteroatoms. The van der Waals surface area contributed by atoms with Crippen LogP contribution in [0.15, 0.2) is 47.4 Å². The zero-order chi connectivity index (χ0) is 20.6. The van der Waals surface area contributed by atoms with Crippen LogP contribution in [0.1, 0.15) is 17.9 Å². The summed E-state index contributed by atoms with van der Waals surface area (Å²) in [5, 5.41) is 15.1. The Morgan fingerprint density at radius 2 is 1.93 bits per heavy atom. The number of halogens is 1. The summed E-state index contributed by atoms with van der Waals surface area (Å²) in [6, 6.07) is 11.5. The molecule has 29 heavy (non-hydrogen) atoms. The fourth-order valence-electron chi connectivity index (χ4n) is 3.54. The largest absolute Gasteiger partial charge is 0.381 e. The first-order valence-electron chi connectivity index (χ1n) is 9.24. The average Bonchev–Trinajstić information content (AvgIpc) is 3.48. The van der Waals surface area contributed by atoms with Gasteiger partial charge in [0, 0.05) is 42.2 Å². The number of rotatable bonds is 6. The highest BCUT2D eigenvalue weighted by atomic mass is 35.5. The third-order valence-corrected chi connectivity index (χ3v) is 7.35. The van der Waals surface area contributed by atoms with E-state index < -0.39 is 14.9 Å². The number of ether oxygens (including phenoxy) is 1. The number of hydrogen-bond acceptors (Lipinski definition) is 6. The van der Waals surface area contributed by atoms with E-state index in [1.54, 1.807) is 6.07 Å². The lowest BCUT2D eigenvalue weighted by molar-refractivity contribution is -0.385. The minimum absolute atomic E-state index is 0.0357. The SMILES string of the molecule is O=[N+]([O-])c1ccc(NC2CC2c2cccc(Cl)c2)c(S(=O)(=O)N2CCOCC2)c1. The molecule has 0 bridgehead atoms. The Hall–Kier alpha value is -2.20. The molecule has 0 spiro atoms. The summed E-state index contributed by atoms with van der Waals surface area (Å²) in [6.07, 6.45) is 0.828. The number of nitrogens with one attached hydrogen (secondary N) is 1. The molecule has 1 saturated carbocycles. The number of morpholine rings is 1. The topological polar surface area (TPSA) is 102 Å². The van der Waals surface area contributed by atoms with E-state index >= 15 is 0 Å². The third-order valence-electron chi connectivity index (χ3n) is 5.17. The van der Waals surface area contributed by atoms with Gasteiger partial charge in [0.15, 0.2) is 0 Å². The molecule has 2 aromatic rings. The number of nitrogens with zero attached hydrogens (tertiary/aromatic N) is 2. The summed E-state index contributed by atoms with van der Waals surface area (Å²) >= 11 is 6.06. The van der Waals surface area contributed by atoms with Crippen LogP contribution in [0.25, 0.3) is 0 Å². The van der Waals surface area contributed by atoms with E-state index in [4.69, 9.17) is 16.3 Å². The van der Waals surface area contributed by atoms with E-state index in [9.17, 15) is 18.5 Å². The standard InChI is InChI=1S/C19H20ClN3O5S/c20-14-3-1-2-13(10-14)16-12-18(16)21-17-5-4-15(23(24)25)11-19(17)29(26,27)22-6-8-28-9-7-22/h1-5,10-11,16,18,21H,6-9,12H2. The molecule has 2 aliphatic rings. The maximum Gasteiger partial charge on any atom is 0.270 e. The zero-order valence-corrected chi connectivity index (χ0v) is 17.0. The Bertz CT molecular complexity index is 1040. The fraction of sp³-hybridized carbons (Fsp3) is 0.368. The maximum atomic E-state index is 13.2. The number of nitro groups is 1. The number of benzene rings is 2. The van der Waals surface area contributed by atoms with Crippen molar-refractivity contribution in [3.63, 3.8) is 0 Å². The highest BCUT2D eigenvalue weighted by Gasteiger charge is 2.40. The van der Waals surface area contributed by atoms with Crippen LogP contribution in [0, 0.1) is 10.1 Å². The summed E-state index contributed by atoms with van der Waals surface area (Å²) in [5.74, 6) is 0.211. The molecule has 2 fully saturated rings. The van der Waals surface area contributed by atoms with Crippen molar-refractivity contribution in [3.8, 4) is 0 Å². The minimum Gasteiger partial charge on any atom is -0.381 e. The molecule has 4 rings (SSSR count). The quantitative estimate of drug-likeness (QED) is 0.549. The van der Waals surface area contributed by atoms with Crippen LogP contribution < -0.4 is 5.32 Å². The van der Waals surface area contributed by atoms with E-state index in [0.717, 1.165) is 18.1 Å². The van der Waals surface area contributed by atoms with Gasteiger partial charge >= 0.3 is 0 Å². The van der Waals surface area contributed by atoms with Crippen LogP contribution in [-0.4, -0.2) is 50.0 Å². The van der Waals surface area contributed by atoms with E-state index in [1.807, 2.05) is 18.2 Å². The van der Waals surface area contributed by atoms with E-state index in [0.29, 0.717) is 23.9 Å². The molecule has 154 valence electrons. The van der Waals surface area contributed by atoms with Crippen LogP contribution >= 0.6 is 11.6 Å². The number of nitro benzene ring substituents is 1. The normalized spacial score (nSPS) is 22.2. The van der Waals surface area contributed by atoms with Crippen molar-refractivity contribution in [2.45, 2.75) is 23.3 Å². The minimum atomic E-state index is -3.89. The van der Waals surface area contributed by atoms with Gasteiger partial charge in [0.25, 0.3) is 5.69 Å². The number of sulfonamides is 1. The van der Waals surface area contributed by atoms with Crippen molar-refractivity contribution in [2.75, 3.05) is 31.6 Å². The van der Waals surface area contributed by atoms with Crippen molar-refractivity contribution >= 4 is 33.0 Å². The Kier molecular flexibility index (Phi) is 5.48. The van der Waals surface area contributed by atoms with Gasteiger partial charge in [-0.1, -0.05) is 23.7 Å². The van der Waals surface area contributed by atoms with E-state index in [-0.39, 0.29) is 35.6 Å². The molecule has 1 aliphatic carbocycles. The van der Waals surface area contributed by atoms with Gasteiger partial charge in [-0.3, -0.25) is 10.1 Å². The summed E-state index contributed by atoms with van der Waals surface area (Å²) in [7, 11) is -3.89. The summed E-state index contributed by atoms with van der Waals surface area (Å²) < 4.78 is 32.9. The van der Waals surface area contributed by atoms with Gasteiger partial charge in [0.1, 0.15) is 4.90 Å². The fourth-order valence-corrected chi connectivity index (χ4v) is 5.32. The second-order valence-electron chi connectivity index (χ2n) is 7.10. The highest BCUT2D eigenvalue weighted by Crippen LogP contribution is 2.44. The summed E-state index contributed by atoms with van der Waals surface area (Å²) in [4.78, 5) is 10.5. The first-order valence-corrected chi connectivity index (χ1v) is 11.1. The summed E-state index contributed by atoms with van der Waals surface area (Å²) in [5.41, 5.74) is 1.19. The van der Waals surface area contributed by atoms with Crippen molar-refractivity contribution in [1.82, 2.24) is 4.31 Å². The molecule has 0 radical (unpaired) electrons. The van der Waals surface area contributed by atoms with Gasteiger partial charge in [-0.15, -0.1) is 0 Å². The Labute approximate surface area is 173 Å². The second-order valence-corrected chi connectivity index (χ2v) is 9.44. The Morgan fingerprint density at radius 3 is 2.62 bits per heavy atom. The average molecular weight is 438 g/mol. The molecule has 0 aromatic heterocycles. The molecule has 2 unspecified atom stereocenters. The Balaban J connectivity index is 1.62. The molecule has 0 amide bonds. The highest BCUT2D eigenvalue weighted by molar-refractivity contribution is 7.89. The molecule has 1 aliphatic heterocycles.